The number of halogens is 1. The van der Waals surface area contributed by atoms with Gasteiger partial charge in [0.05, 0.1) is 12.1 Å². The van der Waals surface area contributed by atoms with Crippen LogP contribution < -0.4 is 4.74 Å². The molecular formula is C18H17ClN2O2S2. The highest BCUT2D eigenvalue weighted by Crippen LogP contribution is 2.28. The predicted molar refractivity (Wildman–Crippen MR) is 104 cm³/mol. The highest BCUT2D eigenvalue weighted by Gasteiger charge is 2.09. The van der Waals surface area contributed by atoms with E-state index in [1.165, 1.54) is 0 Å². The minimum Gasteiger partial charge on any atom is -0.497 e. The molecule has 0 radical (unpaired) electrons. The van der Waals surface area contributed by atoms with Crippen molar-refractivity contribution in [2.24, 2.45) is 0 Å². The second kappa shape index (κ2) is 9.17. The minimum absolute atomic E-state index is 0.524. The van der Waals surface area contributed by atoms with Crippen LogP contribution in [0.4, 0.5) is 0 Å². The molecule has 0 aliphatic rings. The number of thioether (sulfide) groups is 2. The molecule has 0 saturated carbocycles. The number of rotatable bonds is 8. The van der Waals surface area contributed by atoms with E-state index in [-0.39, 0.29) is 0 Å². The van der Waals surface area contributed by atoms with Gasteiger partial charge >= 0.3 is 0 Å². The maximum absolute atomic E-state index is 6.15. The zero-order chi connectivity index (χ0) is 17.5. The molecular weight excluding hydrogens is 376 g/mol. The molecule has 1 heterocycles. The monoisotopic (exact) mass is 392 g/mol. The van der Waals surface area contributed by atoms with Crippen molar-refractivity contribution in [1.82, 2.24) is 10.2 Å². The van der Waals surface area contributed by atoms with Gasteiger partial charge in [-0.15, -0.1) is 22.0 Å². The molecule has 7 heteroatoms. The molecule has 0 bridgehead atoms. The molecule has 0 aliphatic heterocycles. The zero-order valence-electron chi connectivity index (χ0n) is 13.6. The number of benzene rings is 2. The van der Waals surface area contributed by atoms with E-state index in [2.05, 4.69) is 10.2 Å². The molecule has 0 atom stereocenters. The maximum Gasteiger partial charge on any atom is 0.276 e. The summed E-state index contributed by atoms with van der Waals surface area (Å²) in [6, 6.07) is 15.5. The van der Waals surface area contributed by atoms with Gasteiger partial charge in [-0.25, -0.2) is 0 Å². The average molecular weight is 393 g/mol. The summed E-state index contributed by atoms with van der Waals surface area (Å²) in [5, 5.41) is 9.59. The standard InChI is InChI=1S/C18H17ClN2O2S2/c1-22-14-9-7-13(8-10-14)17-20-21-18(23-17)25-12-4-11-24-16-6-3-2-5-15(16)19/h2-3,5-10H,4,11-12H2,1H3. The fraction of sp³-hybridized carbons (Fsp3) is 0.222. The second-order valence-electron chi connectivity index (χ2n) is 5.08. The Morgan fingerprint density at radius 2 is 1.76 bits per heavy atom. The Bertz CT molecular complexity index is 809. The molecule has 0 fully saturated rings. The molecule has 0 spiro atoms. The van der Waals surface area contributed by atoms with Gasteiger partial charge in [0.2, 0.25) is 5.89 Å². The number of aromatic nitrogens is 2. The Morgan fingerprint density at radius 1 is 1.00 bits per heavy atom. The SMILES string of the molecule is COc1ccc(-c2nnc(SCCCSc3ccccc3Cl)o2)cc1. The predicted octanol–water partition coefficient (Wildman–Crippen LogP) is 5.67. The minimum atomic E-state index is 0.524. The van der Waals surface area contributed by atoms with Gasteiger partial charge in [0.1, 0.15) is 5.75 Å². The highest BCUT2D eigenvalue weighted by atomic mass is 35.5. The van der Waals surface area contributed by atoms with Crippen LogP contribution >= 0.6 is 35.1 Å². The van der Waals surface area contributed by atoms with E-state index in [0.29, 0.717) is 11.1 Å². The van der Waals surface area contributed by atoms with E-state index in [1.807, 2.05) is 48.5 Å². The van der Waals surface area contributed by atoms with Crippen LogP contribution in [0.2, 0.25) is 5.02 Å². The van der Waals surface area contributed by atoms with Crippen LogP contribution in [0.3, 0.4) is 0 Å². The molecule has 0 N–H and O–H groups in total. The molecule has 0 unspecified atom stereocenters. The van der Waals surface area contributed by atoms with Crippen LogP contribution in [-0.2, 0) is 0 Å². The first-order valence-electron chi connectivity index (χ1n) is 7.74. The van der Waals surface area contributed by atoms with Crippen molar-refractivity contribution in [3.8, 4) is 17.2 Å². The van der Waals surface area contributed by atoms with Gasteiger partial charge in [-0.2, -0.15) is 0 Å². The Balaban J connectivity index is 1.45. The summed E-state index contributed by atoms with van der Waals surface area (Å²) in [4.78, 5) is 1.12. The van der Waals surface area contributed by atoms with Gasteiger partial charge in [-0.05, 0) is 48.6 Å². The van der Waals surface area contributed by atoms with E-state index >= 15 is 0 Å². The lowest BCUT2D eigenvalue weighted by Crippen LogP contribution is -1.85. The number of hydrogen-bond donors (Lipinski definition) is 0. The fourth-order valence-corrected chi connectivity index (χ4v) is 4.15. The van der Waals surface area contributed by atoms with Crippen LogP contribution in [0.1, 0.15) is 6.42 Å². The van der Waals surface area contributed by atoms with Gasteiger partial charge in [0, 0.05) is 16.2 Å². The van der Waals surface area contributed by atoms with E-state index in [4.69, 9.17) is 20.8 Å². The van der Waals surface area contributed by atoms with Crippen molar-refractivity contribution in [3.63, 3.8) is 0 Å². The normalized spacial score (nSPS) is 10.8. The quantitative estimate of drug-likeness (QED) is 0.363. The molecule has 130 valence electrons. The van der Waals surface area contributed by atoms with Crippen LogP contribution in [0, 0.1) is 0 Å². The van der Waals surface area contributed by atoms with Crippen LogP contribution in [0.25, 0.3) is 11.5 Å². The van der Waals surface area contributed by atoms with E-state index < -0.39 is 0 Å². The Morgan fingerprint density at radius 3 is 2.52 bits per heavy atom. The van der Waals surface area contributed by atoms with Gasteiger partial charge in [-0.3, -0.25) is 0 Å². The molecule has 1 aromatic heterocycles. The summed E-state index contributed by atoms with van der Waals surface area (Å²) in [6.07, 6.45) is 1.03. The smallest absolute Gasteiger partial charge is 0.276 e. The number of hydrogen-bond acceptors (Lipinski definition) is 6. The maximum atomic E-state index is 6.15. The fourth-order valence-electron chi connectivity index (χ4n) is 2.08. The van der Waals surface area contributed by atoms with E-state index in [0.717, 1.165) is 39.2 Å². The highest BCUT2D eigenvalue weighted by molar-refractivity contribution is 8.00. The summed E-state index contributed by atoms with van der Waals surface area (Å²) >= 11 is 9.48. The third kappa shape index (κ3) is 5.17. The first-order chi connectivity index (χ1) is 12.3. The summed E-state index contributed by atoms with van der Waals surface area (Å²) in [5.41, 5.74) is 0.884. The largest absolute Gasteiger partial charge is 0.497 e. The van der Waals surface area contributed by atoms with Crippen molar-refractivity contribution in [3.05, 3.63) is 53.6 Å². The van der Waals surface area contributed by atoms with Crippen molar-refractivity contribution in [2.45, 2.75) is 16.5 Å². The van der Waals surface area contributed by atoms with Gasteiger partial charge < -0.3 is 9.15 Å². The average Bonchev–Trinajstić information content (AvgIpc) is 3.12. The zero-order valence-corrected chi connectivity index (χ0v) is 16.0. The van der Waals surface area contributed by atoms with Crippen molar-refractivity contribution in [2.75, 3.05) is 18.6 Å². The second-order valence-corrected chi connectivity index (χ2v) is 7.67. The summed E-state index contributed by atoms with van der Waals surface area (Å²) in [7, 11) is 1.64. The molecule has 25 heavy (non-hydrogen) atoms. The third-order valence-electron chi connectivity index (χ3n) is 3.35. The summed E-state index contributed by atoms with van der Waals surface area (Å²) < 4.78 is 10.8. The van der Waals surface area contributed by atoms with Crippen molar-refractivity contribution < 1.29 is 9.15 Å². The van der Waals surface area contributed by atoms with E-state index in [9.17, 15) is 0 Å². The third-order valence-corrected chi connectivity index (χ3v) is 5.86. The molecule has 4 nitrogen and oxygen atoms in total. The van der Waals surface area contributed by atoms with E-state index in [1.54, 1.807) is 30.6 Å². The molecule has 0 amide bonds. The number of ether oxygens (including phenoxy) is 1. The lowest BCUT2D eigenvalue weighted by atomic mass is 10.2. The molecule has 0 aliphatic carbocycles. The van der Waals surface area contributed by atoms with Gasteiger partial charge in [0.25, 0.3) is 5.22 Å². The number of nitrogens with zero attached hydrogens (tertiary/aromatic N) is 2. The first kappa shape index (κ1) is 18.2. The lowest BCUT2D eigenvalue weighted by molar-refractivity contribution is 0.414. The van der Waals surface area contributed by atoms with Crippen molar-refractivity contribution in [1.29, 1.82) is 0 Å². The Kier molecular flexibility index (Phi) is 6.67. The van der Waals surface area contributed by atoms with Crippen molar-refractivity contribution >= 4 is 35.1 Å². The summed E-state index contributed by atoms with van der Waals surface area (Å²) in [5.74, 6) is 3.24. The molecule has 2 aromatic carbocycles. The topological polar surface area (TPSA) is 48.2 Å². The summed E-state index contributed by atoms with van der Waals surface area (Å²) in [6.45, 7) is 0. The molecule has 3 aromatic rings. The Labute approximate surface area is 160 Å². The molecule has 3 rings (SSSR count). The van der Waals surface area contributed by atoms with Crippen LogP contribution in [-0.4, -0.2) is 28.8 Å². The van der Waals surface area contributed by atoms with Crippen LogP contribution in [0.15, 0.2) is 63.1 Å². The van der Waals surface area contributed by atoms with Gasteiger partial charge in [0.15, 0.2) is 0 Å². The number of methoxy groups -OCH3 is 1. The Hall–Kier alpha value is -1.63. The lowest BCUT2D eigenvalue weighted by Gasteiger charge is -2.02. The first-order valence-corrected chi connectivity index (χ1v) is 10.1. The molecule has 0 saturated heterocycles. The van der Waals surface area contributed by atoms with Gasteiger partial charge in [-0.1, -0.05) is 35.5 Å². The van der Waals surface area contributed by atoms with Crippen LogP contribution in [0.5, 0.6) is 5.75 Å².